The van der Waals surface area contributed by atoms with Gasteiger partial charge < -0.3 is 10.1 Å². The van der Waals surface area contributed by atoms with Gasteiger partial charge in [-0.25, -0.2) is 18.4 Å². The van der Waals surface area contributed by atoms with E-state index in [4.69, 9.17) is 4.74 Å². The predicted octanol–water partition coefficient (Wildman–Crippen LogP) is 0.627. The molecule has 1 aromatic heterocycles. The molecule has 1 heterocycles. The van der Waals surface area contributed by atoms with Crippen LogP contribution in [-0.2, 0) is 21.1 Å². The monoisotopic (exact) mass is 287 g/mol. The van der Waals surface area contributed by atoms with Crippen LogP contribution in [0.4, 0.5) is 0 Å². The molecular formula is C12H21N3O3S. The van der Waals surface area contributed by atoms with E-state index in [0.29, 0.717) is 19.0 Å². The van der Waals surface area contributed by atoms with Gasteiger partial charge in [0.2, 0.25) is 0 Å². The van der Waals surface area contributed by atoms with Gasteiger partial charge in [-0.1, -0.05) is 0 Å². The van der Waals surface area contributed by atoms with Gasteiger partial charge >= 0.3 is 0 Å². The van der Waals surface area contributed by atoms with E-state index in [1.165, 1.54) is 6.26 Å². The Bertz CT molecular complexity index is 517. The van der Waals surface area contributed by atoms with Crippen LogP contribution in [0.15, 0.2) is 6.07 Å². The molecule has 0 amide bonds. The third kappa shape index (κ3) is 5.22. The number of nitrogens with one attached hydrogen (secondary N) is 1. The number of rotatable bonds is 7. The van der Waals surface area contributed by atoms with Gasteiger partial charge in [-0.15, -0.1) is 0 Å². The Morgan fingerprint density at radius 2 is 2.11 bits per heavy atom. The van der Waals surface area contributed by atoms with E-state index in [1.807, 2.05) is 13.0 Å². The van der Waals surface area contributed by atoms with Crippen molar-refractivity contribution >= 4 is 9.84 Å². The third-order valence-electron chi connectivity index (χ3n) is 2.72. The number of nitrogens with zero attached hydrogens (tertiary/aromatic N) is 2. The minimum absolute atomic E-state index is 0.353. The molecule has 0 spiro atoms. The van der Waals surface area contributed by atoms with Gasteiger partial charge in [-0.05, 0) is 19.9 Å². The van der Waals surface area contributed by atoms with Crippen LogP contribution in [0.5, 0.6) is 0 Å². The van der Waals surface area contributed by atoms with Gasteiger partial charge in [0, 0.05) is 32.1 Å². The first kappa shape index (κ1) is 16.0. The molecular weight excluding hydrogens is 266 g/mol. The Hall–Kier alpha value is -1.05. The van der Waals surface area contributed by atoms with Gasteiger partial charge in [0.1, 0.15) is 11.1 Å². The lowest BCUT2D eigenvalue weighted by atomic mass is 10.3. The van der Waals surface area contributed by atoms with Crippen molar-refractivity contribution in [3.05, 3.63) is 23.3 Å². The molecule has 0 aliphatic carbocycles. The fraction of sp³-hybridized carbons (Fsp3) is 0.667. The van der Waals surface area contributed by atoms with E-state index in [9.17, 15) is 8.42 Å². The SMILES string of the molecule is COCCNCc1cc(C)nc(C(C)S(C)(=O)=O)n1. The van der Waals surface area contributed by atoms with Crippen molar-refractivity contribution in [2.45, 2.75) is 25.6 Å². The first-order valence-corrected chi connectivity index (χ1v) is 8.03. The standard InChI is InChI=1S/C12H21N3O3S/c1-9-7-11(8-13-5-6-18-3)15-12(14-9)10(2)19(4,16)17/h7,10,13H,5-6,8H2,1-4H3. The second-order valence-electron chi connectivity index (χ2n) is 4.50. The van der Waals surface area contributed by atoms with Crippen LogP contribution in [0.25, 0.3) is 0 Å². The maximum Gasteiger partial charge on any atom is 0.157 e. The summed E-state index contributed by atoms with van der Waals surface area (Å²) in [7, 11) is -1.54. The molecule has 1 rings (SSSR count). The molecule has 0 radical (unpaired) electrons. The first-order chi connectivity index (χ1) is 8.84. The summed E-state index contributed by atoms with van der Waals surface area (Å²) in [5.41, 5.74) is 1.55. The first-order valence-electron chi connectivity index (χ1n) is 6.07. The normalized spacial score (nSPS) is 13.5. The number of methoxy groups -OCH3 is 1. The van der Waals surface area contributed by atoms with E-state index in [1.54, 1.807) is 14.0 Å². The second kappa shape index (κ2) is 6.93. The minimum atomic E-state index is -3.18. The molecule has 108 valence electrons. The molecule has 1 N–H and O–H groups in total. The Balaban J connectivity index is 2.82. The van der Waals surface area contributed by atoms with Crippen molar-refractivity contribution in [1.29, 1.82) is 0 Å². The van der Waals surface area contributed by atoms with Crippen LogP contribution < -0.4 is 5.32 Å². The molecule has 0 bridgehead atoms. The molecule has 1 atom stereocenters. The summed E-state index contributed by atoms with van der Waals surface area (Å²) in [6.45, 7) is 5.34. The number of hydrogen-bond acceptors (Lipinski definition) is 6. The van der Waals surface area contributed by atoms with Crippen LogP contribution in [0.2, 0.25) is 0 Å². The molecule has 6 nitrogen and oxygen atoms in total. The molecule has 0 aliphatic heterocycles. The van der Waals surface area contributed by atoms with Crippen molar-refractivity contribution in [2.24, 2.45) is 0 Å². The number of aromatic nitrogens is 2. The largest absolute Gasteiger partial charge is 0.383 e. The summed E-state index contributed by atoms with van der Waals surface area (Å²) in [4.78, 5) is 8.51. The Kier molecular flexibility index (Phi) is 5.84. The van der Waals surface area contributed by atoms with Gasteiger partial charge in [-0.2, -0.15) is 0 Å². The van der Waals surface area contributed by atoms with E-state index < -0.39 is 15.1 Å². The zero-order valence-corrected chi connectivity index (χ0v) is 12.6. The number of aryl methyl sites for hydroxylation is 1. The average Bonchev–Trinajstić information content (AvgIpc) is 2.32. The lowest BCUT2D eigenvalue weighted by molar-refractivity contribution is 0.199. The van der Waals surface area contributed by atoms with Crippen molar-refractivity contribution < 1.29 is 13.2 Å². The summed E-state index contributed by atoms with van der Waals surface area (Å²) < 4.78 is 28.0. The fourth-order valence-corrected chi connectivity index (χ4v) is 2.00. The highest BCUT2D eigenvalue weighted by Crippen LogP contribution is 2.17. The van der Waals surface area contributed by atoms with E-state index in [2.05, 4.69) is 15.3 Å². The Morgan fingerprint density at radius 3 is 2.68 bits per heavy atom. The fourth-order valence-electron chi connectivity index (χ4n) is 1.51. The molecule has 0 fully saturated rings. The van der Waals surface area contributed by atoms with Crippen LogP contribution in [0, 0.1) is 6.92 Å². The average molecular weight is 287 g/mol. The van der Waals surface area contributed by atoms with E-state index >= 15 is 0 Å². The topological polar surface area (TPSA) is 81.2 Å². The van der Waals surface area contributed by atoms with Crippen LogP contribution >= 0.6 is 0 Å². The Labute approximate surface area is 114 Å². The molecule has 1 unspecified atom stereocenters. The summed E-state index contributed by atoms with van der Waals surface area (Å²) in [6, 6.07) is 1.85. The quantitative estimate of drug-likeness (QED) is 0.741. The predicted molar refractivity (Wildman–Crippen MR) is 73.6 cm³/mol. The zero-order valence-electron chi connectivity index (χ0n) is 11.8. The van der Waals surface area contributed by atoms with E-state index in [0.717, 1.165) is 17.9 Å². The number of sulfone groups is 1. The van der Waals surface area contributed by atoms with Crippen LogP contribution in [-0.4, -0.2) is 44.9 Å². The van der Waals surface area contributed by atoms with E-state index in [-0.39, 0.29) is 0 Å². The third-order valence-corrected chi connectivity index (χ3v) is 4.21. The van der Waals surface area contributed by atoms with Gasteiger partial charge in [0.05, 0.1) is 12.3 Å². The summed E-state index contributed by atoms with van der Waals surface area (Å²) in [5.74, 6) is 0.353. The highest BCUT2D eigenvalue weighted by molar-refractivity contribution is 7.90. The number of hydrogen-bond donors (Lipinski definition) is 1. The molecule has 19 heavy (non-hydrogen) atoms. The van der Waals surface area contributed by atoms with Gasteiger partial charge in [0.15, 0.2) is 9.84 Å². The van der Waals surface area contributed by atoms with Crippen LogP contribution in [0.3, 0.4) is 0 Å². The maximum absolute atomic E-state index is 11.5. The summed E-state index contributed by atoms with van der Waals surface area (Å²) in [6.07, 6.45) is 1.19. The molecule has 0 aromatic carbocycles. The highest BCUT2D eigenvalue weighted by Gasteiger charge is 2.20. The van der Waals surface area contributed by atoms with Crippen molar-refractivity contribution in [1.82, 2.24) is 15.3 Å². The molecule has 0 saturated heterocycles. The van der Waals surface area contributed by atoms with Gasteiger partial charge in [0.25, 0.3) is 0 Å². The molecule has 1 aromatic rings. The van der Waals surface area contributed by atoms with Crippen LogP contribution in [0.1, 0.15) is 29.4 Å². The highest BCUT2D eigenvalue weighted by atomic mass is 32.2. The summed E-state index contributed by atoms with van der Waals surface area (Å²) >= 11 is 0. The molecule has 7 heteroatoms. The summed E-state index contributed by atoms with van der Waals surface area (Å²) in [5, 5.41) is 2.48. The second-order valence-corrected chi connectivity index (χ2v) is 6.87. The van der Waals surface area contributed by atoms with Crippen molar-refractivity contribution in [2.75, 3.05) is 26.5 Å². The zero-order chi connectivity index (χ0) is 14.5. The lowest BCUT2D eigenvalue weighted by Gasteiger charge is -2.11. The van der Waals surface area contributed by atoms with Crippen molar-refractivity contribution in [3.8, 4) is 0 Å². The number of ether oxygens (including phenoxy) is 1. The smallest absolute Gasteiger partial charge is 0.157 e. The molecule has 0 aliphatic rings. The van der Waals surface area contributed by atoms with Gasteiger partial charge in [-0.3, -0.25) is 0 Å². The maximum atomic E-state index is 11.5. The lowest BCUT2D eigenvalue weighted by Crippen LogP contribution is -2.20. The minimum Gasteiger partial charge on any atom is -0.383 e. The molecule has 0 saturated carbocycles. The Morgan fingerprint density at radius 1 is 1.42 bits per heavy atom. The van der Waals surface area contributed by atoms with Crippen molar-refractivity contribution in [3.63, 3.8) is 0 Å².